The van der Waals surface area contributed by atoms with Gasteiger partial charge in [0.05, 0.1) is 10.0 Å². The summed E-state index contributed by atoms with van der Waals surface area (Å²) in [5.74, 6) is 0.445. The average molecular weight is 346 g/mol. The molecule has 1 aromatic carbocycles. The molecule has 1 N–H and O–H groups in total. The molecule has 2 rings (SSSR count). The number of thiazole rings is 1. The summed E-state index contributed by atoms with van der Waals surface area (Å²) in [6.45, 7) is 3.95. The molecule has 18 heavy (non-hydrogen) atoms. The van der Waals surface area contributed by atoms with Gasteiger partial charge in [-0.1, -0.05) is 24.6 Å². The molecular weight excluding hydrogens is 332 g/mol. The first kappa shape index (κ1) is 14.0. The van der Waals surface area contributed by atoms with Gasteiger partial charge in [-0.25, -0.2) is 4.98 Å². The molecule has 0 bridgehead atoms. The van der Waals surface area contributed by atoms with Crippen molar-refractivity contribution in [1.82, 2.24) is 10.3 Å². The zero-order valence-electron chi connectivity index (χ0n) is 9.99. The van der Waals surface area contributed by atoms with Crippen LogP contribution >= 0.6 is 38.9 Å². The Balaban J connectivity index is 1.83. The molecule has 1 heterocycles. The molecule has 0 aliphatic rings. The quantitative estimate of drug-likeness (QED) is 0.866. The lowest BCUT2D eigenvalue weighted by Crippen LogP contribution is -2.19. The Bertz CT molecular complexity index is 502. The molecule has 0 spiro atoms. The van der Waals surface area contributed by atoms with Crippen molar-refractivity contribution in [3.63, 3.8) is 0 Å². The summed E-state index contributed by atoms with van der Waals surface area (Å²) < 4.78 is 0.941. The van der Waals surface area contributed by atoms with Crippen LogP contribution in [-0.4, -0.2) is 11.5 Å². The van der Waals surface area contributed by atoms with E-state index >= 15 is 0 Å². The molecule has 0 aliphatic heterocycles. The minimum absolute atomic E-state index is 0.445. The van der Waals surface area contributed by atoms with Gasteiger partial charge >= 0.3 is 0 Å². The van der Waals surface area contributed by atoms with Crippen molar-refractivity contribution in [2.24, 2.45) is 0 Å². The summed E-state index contributed by atoms with van der Waals surface area (Å²) in [4.78, 5) is 4.32. The zero-order chi connectivity index (χ0) is 13.0. The monoisotopic (exact) mass is 344 g/mol. The van der Waals surface area contributed by atoms with E-state index in [0.717, 1.165) is 22.6 Å². The van der Waals surface area contributed by atoms with Crippen LogP contribution < -0.4 is 5.32 Å². The van der Waals surface area contributed by atoms with E-state index in [1.54, 1.807) is 11.3 Å². The van der Waals surface area contributed by atoms with Gasteiger partial charge in [0.25, 0.3) is 0 Å². The van der Waals surface area contributed by atoms with Crippen LogP contribution in [0.4, 0.5) is 0 Å². The van der Waals surface area contributed by atoms with Gasteiger partial charge in [-0.15, -0.1) is 11.3 Å². The molecule has 2 nitrogen and oxygen atoms in total. The van der Waals surface area contributed by atoms with Crippen molar-refractivity contribution in [3.8, 4) is 0 Å². The molecular formula is C13H14BrClN2S. The molecule has 0 aliphatic carbocycles. The summed E-state index contributed by atoms with van der Waals surface area (Å²) in [7, 11) is 0. The third kappa shape index (κ3) is 3.79. The number of rotatable bonds is 5. The summed E-state index contributed by atoms with van der Waals surface area (Å²) >= 11 is 11.1. The summed E-state index contributed by atoms with van der Waals surface area (Å²) in [6, 6.07) is 5.99. The molecule has 1 unspecified atom stereocenters. The Labute approximate surface area is 125 Å². The Morgan fingerprint density at radius 2 is 2.33 bits per heavy atom. The lowest BCUT2D eigenvalue weighted by atomic mass is 10.2. The topological polar surface area (TPSA) is 24.9 Å². The standard InChI is InChI=1S/C13H14BrClN2S/c1-9(13-17-4-5-18-13)7-16-8-10-2-3-12(15)11(14)6-10/h2-6,9,16H,7-8H2,1H3. The van der Waals surface area contributed by atoms with Crippen molar-refractivity contribution in [2.45, 2.75) is 19.4 Å². The van der Waals surface area contributed by atoms with E-state index in [4.69, 9.17) is 11.6 Å². The van der Waals surface area contributed by atoms with Crippen molar-refractivity contribution in [2.75, 3.05) is 6.54 Å². The predicted molar refractivity (Wildman–Crippen MR) is 81.4 cm³/mol. The van der Waals surface area contributed by atoms with Gasteiger partial charge in [-0.05, 0) is 33.6 Å². The van der Waals surface area contributed by atoms with Crippen molar-refractivity contribution < 1.29 is 0 Å². The maximum absolute atomic E-state index is 5.96. The Morgan fingerprint density at radius 3 is 3.00 bits per heavy atom. The van der Waals surface area contributed by atoms with Crippen LogP contribution in [0.25, 0.3) is 0 Å². The fraction of sp³-hybridized carbons (Fsp3) is 0.308. The van der Waals surface area contributed by atoms with E-state index in [1.807, 2.05) is 29.8 Å². The molecule has 5 heteroatoms. The molecule has 0 saturated carbocycles. The first-order valence-electron chi connectivity index (χ1n) is 5.71. The van der Waals surface area contributed by atoms with E-state index in [1.165, 1.54) is 10.6 Å². The normalized spacial score (nSPS) is 12.6. The highest BCUT2D eigenvalue weighted by Gasteiger charge is 2.07. The van der Waals surface area contributed by atoms with Crippen molar-refractivity contribution in [3.05, 3.63) is 49.8 Å². The molecule has 1 atom stereocenters. The fourth-order valence-electron chi connectivity index (χ4n) is 1.65. The van der Waals surface area contributed by atoms with Gasteiger partial charge in [-0.2, -0.15) is 0 Å². The van der Waals surface area contributed by atoms with Crippen LogP contribution in [0.5, 0.6) is 0 Å². The molecule has 0 radical (unpaired) electrons. The van der Waals surface area contributed by atoms with Gasteiger partial charge in [0.1, 0.15) is 0 Å². The minimum atomic E-state index is 0.445. The van der Waals surface area contributed by atoms with Gasteiger partial charge in [0.15, 0.2) is 0 Å². The molecule has 2 aromatic rings. The second-order valence-electron chi connectivity index (χ2n) is 4.15. The molecule has 0 amide bonds. The SMILES string of the molecule is CC(CNCc1ccc(Cl)c(Br)c1)c1nccs1. The second kappa shape index (κ2) is 6.66. The van der Waals surface area contributed by atoms with Crippen LogP contribution in [-0.2, 0) is 6.54 Å². The second-order valence-corrected chi connectivity index (χ2v) is 6.34. The summed E-state index contributed by atoms with van der Waals surface area (Å²) in [5, 5.41) is 7.38. The third-order valence-electron chi connectivity index (χ3n) is 2.64. The van der Waals surface area contributed by atoms with Crippen molar-refractivity contribution >= 4 is 38.9 Å². The number of nitrogens with one attached hydrogen (secondary N) is 1. The van der Waals surface area contributed by atoms with Crippen LogP contribution in [0, 0.1) is 0 Å². The van der Waals surface area contributed by atoms with E-state index in [9.17, 15) is 0 Å². The van der Waals surface area contributed by atoms with Crippen LogP contribution in [0.3, 0.4) is 0 Å². The van der Waals surface area contributed by atoms with E-state index < -0.39 is 0 Å². The molecule has 1 aromatic heterocycles. The lowest BCUT2D eigenvalue weighted by molar-refractivity contribution is 0.613. The van der Waals surface area contributed by atoms with Crippen LogP contribution in [0.1, 0.15) is 23.4 Å². The Morgan fingerprint density at radius 1 is 1.50 bits per heavy atom. The number of benzene rings is 1. The predicted octanol–water partition coefficient (Wildman–Crippen LogP) is 4.45. The number of aromatic nitrogens is 1. The highest BCUT2D eigenvalue weighted by Crippen LogP contribution is 2.23. The van der Waals surface area contributed by atoms with E-state index in [2.05, 4.69) is 33.2 Å². The highest BCUT2D eigenvalue weighted by atomic mass is 79.9. The minimum Gasteiger partial charge on any atom is -0.312 e. The Hall–Kier alpha value is -0.420. The van der Waals surface area contributed by atoms with E-state index in [0.29, 0.717) is 5.92 Å². The Kier molecular flexibility index (Phi) is 5.18. The zero-order valence-corrected chi connectivity index (χ0v) is 13.1. The maximum atomic E-state index is 5.96. The molecule has 0 fully saturated rings. The van der Waals surface area contributed by atoms with Crippen molar-refractivity contribution in [1.29, 1.82) is 0 Å². The maximum Gasteiger partial charge on any atom is 0.0965 e. The fourth-order valence-corrected chi connectivity index (χ4v) is 2.89. The number of hydrogen-bond donors (Lipinski definition) is 1. The molecule has 0 saturated heterocycles. The number of nitrogens with zero attached hydrogens (tertiary/aromatic N) is 1. The van der Waals surface area contributed by atoms with Gasteiger partial charge in [-0.3, -0.25) is 0 Å². The summed E-state index contributed by atoms with van der Waals surface area (Å²) in [5.41, 5.74) is 1.22. The largest absolute Gasteiger partial charge is 0.312 e. The highest BCUT2D eigenvalue weighted by molar-refractivity contribution is 9.10. The van der Waals surface area contributed by atoms with E-state index in [-0.39, 0.29) is 0 Å². The van der Waals surface area contributed by atoms with Crippen LogP contribution in [0.2, 0.25) is 5.02 Å². The van der Waals surface area contributed by atoms with Gasteiger partial charge in [0.2, 0.25) is 0 Å². The van der Waals surface area contributed by atoms with Crippen LogP contribution in [0.15, 0.2) is 34.2 Å². The van der Waals surface area contributed by atoms with Gasteiger partial charge in [0, 0.05) is 35.1 Å². The molecule has 96 valence electrons. The number of halogens is 2. The first-order chi connectivity index (χ1) is 8.66. The first-order valence-corrected chi connectivity index (χ1v) is 7.76. The van der Waals surface area contributed by atoms with Gasteiger partial charge < -0.3 is 5.32 Å². The smallest absolute Gasteiger partial charge is 0.0965 e. The average Bonchev–Trinajstić information content (AvgIpc) is 2.87. The third-order valence-corrected chi connectivity index (χ3v) is 4.86. The summed E-state index contributed by atoms with van der Waals surface area (Å²) in [6.07, 6.45) is 1.85. The lowest BCUT2D eigenvalue weighted by Gasteiger charge is -2.10. The number of hydrogen-bond acceptors (Lipinski definition) is 3.